The molecule has 2 aromatic rings. The Morgan fingerprint density at radius 1 is 1.28 bits per heavy atom. The molecule has 126 valence electrons. The molecule has 1 aliphatic carbocycles. The van der Waals surface area contributed by atoms with Gasteiger partial charge in [-0.15, -0.1) is 11.3 Å². The first-order valence-electron chi connectivity index (χ1n) is 7.61. The number of hydrogen-bond donors (Lipinski definition) is 1. The molecule has 2 N–H and O–H groups in total. The van der Waals surface area contributed by atoms with E-state index < -0.39 is 0 Å². The van der Waals surface area contributed by atoms with Gasteiger partial charge in [-0.05, 0) is 24.7 Å². The topological polar surface area (TPSA) is 103 Å². The quantitative estimate of drug-likeness (QED) is 0.479. The molecule has 0 aromatic carbocycles. The van der Waals surface area contributed by atoms with E-state index in [1.165, 1.54) is 28.0 Å². The number of thioether (sulfide) groups is 1. The van der Waals surface area contributed by atoms with Crippen LogP contribution in [0.1, 0.15) is 28.0 Å². The van der Waals surface area contributed by atoms with Gasteiger partial charge >= 0.3 is 0 Å². The van der Waals surface area contributed by atoms with E-state index in [0.29, 0.717) is 40.2 Å². The number of nitrogens with zero attached hydrogens (tertiary/aromatic N) is 5. The lowest BCUT2D eigenvalue weighted by Gasteiger charge is -2.49. The first-order chi connectivity index (χ1) is 12.0. The summed E-state index contributed by atoms with van der Waals surface area (Å²) in [6.45, 7) is 1.42. The molecule has 4 rings (SSSR count). The third-order valence-electron chi connectivity index (χ3n) is 4.89. The highest BCUT2D eigenvalue weighted by molar-refractivity contribution is 7.98. The van der Waals surface area contributed by atoms with Crippen molar-refractivity contribution >= 4 is 45.5 Å². The number of aryl methyl sites for hydroxylation is 1. The molecule has 1 spiro atoms. The van der Waals surface area contributed by atoms with Gasteiger partial charge in [0.1, 0.15) is 22.7 Å². The lowest BCUT2D eigenvalue weighted by Crippen LogP contribution is -2.59. The second-order valence-corrected chi connectivity index (χ2v) is 8.47. The number of anilines is 2. The van der Waals surface area contributed by atoms with Crippen molar-refractivity contribution in [3.63, 3.8) is 0 Å². The molecule has 2 aromatic heterocycles. The number of nitrogen functional groups attached to an aromatic ring is 1. The molecule has 1 aliphatic heterocycles. The molecule has 3 heterocycles. The molecule has 6 nitrogen and oxygen atoms in total. The molecular formula is C16H13ClN6S2. The Labute approximate surface area is 158 Å². The summed E-state index contributed by atoms with van der Waals surface area (Å²) in [7, 11) is 0. The molecule has 25 heavy (non-hydrogen) atoms. The molecular weight excluding hydrogens is 376 g/mol. The summed E-state index contributed by atoms with van der Waals surface area (Å²) in [6.07, 6.45) is 3.82. The Balaban J connectivity index is 1.70. The third-order valence-corrected chi connectivity index (χ3v) is 6.79. The normalized spacial score (nSPS) is 17.0. The molecule has 2 aliphatic rings. The Morgan fingerprint density at radius 2 is 2.00 bits per heavy atom. The number of rotatable bonds is 2. The number of nitriles is 2. The SMILES string of the molecule is CSc1nc(Cl)c(C#N)c(N2CC3(CCc4sc(N)c(C#N)c43)C2)n1. The summed E-state index contributed by atoms with van der Waals surface area (Å²) < 4.78 is 0. The van der Waals surface area contributed by atoms with Crippen LogP contribution in [0, 0.1) is 22.7 Å². The molecule has 0 amide bonds. The van der Waals surface area contributed by atoms with Gasteiger partial charge in [-0.3, -0.25) is 0 Å². The second kappa shape index (κ2) is 5.77. The predicted octanol–water partition coefficient (Wildman–Crippen LogP) is 2.94. The maximum Gasteiger partial charge on any atom is 0.190 e. The number of nitrogens with two attached hydrogens (primary N) is 1. The first-order valence-corrected chi connectivity index (χ1v) is 10.0. The van der Waals surface area contributed by atoms with Gasteiger partial charge in [0, 0.05) is 23.4 Å². The summed E-state index contributed by atoms with van der Waals surface area (Å²) in [5.41, 5.74) is 7.98. The highest BCUT2D eigenvalue weighted by Crippen LogP contribution is 2.52. The third kappa shape index (κ3) is 2.29. The number of thiophene rings is 1. The number of fused-ring (bicyclic) bond motifs is 2. The van der Waals surface area contributed by atoms with E-state index in [1.54, 1.807) is 0 Å². The van der Waals surface area contributed by atoms with E-state index in [0.717, 1.165) is 18.4 Å². The molecule has 0 saturated carbocycles. The van der Waals surface area contributed by atoms with Crippen molar-refractivity contribution in [3.8, 4) is 12.1 Å². The van der Waals surface area contributed by atoms with E-state index >= 15 is 0 Å². The van der Waals surface area contributed by atoms with Crippen LogP contribution >= 0.6 is 34.7 Å². The molecule has 0 unspecified atom stereocenters. The summed E-state index contributed by atoms with van der Waals surface area (Å²) in [4.78, 5) is 11.9. The number of hydrogen-bond acceptors (Lipinski definition) is 8. The lowest BCUT2D eigenvalue weighted by molar-refractivity contribution is 0.326. The minimum Gasteiger partial charge on any atom is -0.389 e. The van der Waals surface area contributed by atoms with Gasteiger partial charge in [0.2, 0.25) is 0 Å². The molecule has 9 heteroatoms. The largest absolute Gasteiger partial charge is 0.389 e. The minimum atomic E-state index is -0.0712. The molecule has 0 bridgehead atoms. The van der Waals surface area contributed by atoms with Crippen LogP contribution in [-0.2, 0) is 11.8 Å². The molecule has 1 saturated heterocycles. The minimum absolute atomic E-state index is 0.0712. The fourth-order valence-corrected chi connectivity index (χ4v) is 5.55. The molecule has 0 atom stereocenters. The van der Waals surface area contributed by atoms with Gasteiger partial charge < -0.3 is 10.6 Å². The fraction of sp³-hybridized carbons (Fsp3) is 0.375. The van der Waals surface area contributed by atoms with Crippen molar-refractivity contribution in [1.82, 2.24) is 9.97 Å². The lowest BCUT2D eigenvalue weighted by atomic mass is 9.74. The van der Waals surface area contributed by atoms with Crippen molar-refractivity contribution in [2.45, 2.75) is 23.4 Å². The van der Waals surface area contributed by atoms with Crippen molar-refractivity contribution < 1.29 is 0 Å². The first kappa shape index (κ1) is 16.5. The van der Waals surface area contributed by atoms with Gasteiger partial charge in [-0.1, -0.05) is 23.4 Å². The van der Waals surface area contributed by atoms with E-state index in [4.69, 9.17) is 17.3 Å². The Kier molecular flexibility index (Phi) is 3.80. The zero-order valence-corrected chi connectivity index (χ0v) is 15.7. The summed E-state index contributed by atoms with van der Waals surface area (Å²) in [6, 6.07) is 4.38. The van der Waals surface area contributed by atoms with Crippen LogP contribution in [0.2, 0.25) is 5.15 Å². The Hall–Kier alpha value is -2.00. The highest BCUT2D eigenvalue weighted by atomic mass is 35.5. The van der Waals surface area contributed by atoms with Crippen molar-refractivity contribution in [1.29, 1.82) is 10.5 Å². The van der Waals surface area contributed by atoms with Crippen LogP contribution in [0.25, 0.3) is 0 Å². The predicted molar refractivity (Wildman–Crippen MR) is 99.2 cm³/mol. The fourth-order valence-electron chi connectivity index (χ4n) is 3.79. The second-order valence-electron chi connectivity index (χ2n) is 6.20. The zero-order valence-electron chi connectivity index (χ0n) is 13.3. The van der Waals surface area contributed by atoms with Crippen LogP contribution in [0.3, 0.4) is 0 Å². The maximum atomic E-state index is 9.47. The van der Waals surface area contributed by atoms with Gasteiger partial charge in [-0.2, -0.15) is 10.5 Å². The smallest absolute Gasteiger partial charge is 0.190 e. The Bertz CT molecular complexity index is 964. The standard InChI is InChI=1S/C16H13ClN6S2/c1-24-15-21-12(17)9(5-19)14(22-15)23-6-16(7-23)3-2-10-11(16)8(4-18)13(20)25-10/h2-3,6-7,20H2,1H3. The monoisotopic (exact) mass is 388 g/mol. The zero-order chi connectivity index (χ0) is 17.8. The number of halogens is 1. The van der Waals surface area contributed by atoms with E-state index in [1.807, 2.05) is 6.26 Å². The van der Waals surface area contributed by atoms with Crippen LogP contribution in [0.15, 0.2) is 5.16 Å². The average molecular weight is 389 g/mol. The van der Waals surface area contributed by atoms with E-state index in [-0.39, 0.29) is 10.6 Å². The van der Waals surface area contributed by atoms with Crippen LogP contribution in [0.5, 0.6) is 0 Å². The van der Waals surface area contributed by atoms with Crippen molar-refractivity contribution in [2.75, 3.05) is 30.0 Å². The summed E-state index contributed by atoms with van der Waals surface area (Å²) in [5, 5.41) is 20.2. The highest BCUT2D eigenvalue weighted by Gasteiger charge is 2.52. The summed E-state index contributed by atoms with van der Waals surface area (Å²) in [5.74, 6) is 0.577. The van der Waals surface area contributed by atoms with Gasteiger partial charge in [0.25, 0.3) is 0 Å². The number of aromatic nitrogens is 2. The molecule has 0 radical (unpaired) electrons. The van der Waals surface area contributed by atoms with E-state index in [2.05, 4.69) is 27.0 Å². The van der Waals surface area contributed by atoms with Crippen molar-refractivity contribution in [2.24, 2.45) is 0 Å². The van der Waals surface area contributed by atoms with E-state index in [9.17, 15) is 10.5 Å². The van der Waals surface area contributed by atoms with Gasteiger partial charge in [-0.25, -0.2) is 9.97 Å². The van der Waals surface area contributed by atoms with Crippen LogP contribution in [-0.4, -0.2) is 29.3 Å². The van der Waals surface area contributed by atoms with Crippen molar-refractivity contribution in [3.05, 3.63) is 26.7 Å². The Morgan fingerprint density at radius 3 is 2.64 bits per heavy atom. The van der Waals surface area contributed by atoms with Gasteiger partial charge in [0.15, 0.2) is 16.1 Å². The van der Waals surface area contributed by atoms with Crippen LogP contribution in [0.4, 0.5) is 10.8 Å². The summed E-state index contributed by atoms with van der Waals surface area (Å²) >= 11 is 9.07. The average Bonchev–Trinajstić information content (AvgIpc) is 3.08. The van der Waals surface area contributed by atoms with Crippen LogP contribution < -0.4 is 10.6 Å². The maximum absolute atomic E-state index is 9.47. The van der Waals surface area contributed by atoms with Gasteiger partial charge in [0.05, 0.1) is 5.56 Å². The molecule has 1 fully saturated rings.